The van der Waals surface area contributed by atoms with Gasteiger partial charge in [0.15, 0.2) is 6.10 Å². The Morgan fingerprint density at radius 1 is 1.00 bits per heavy atom. The number of carbonyl (C=O) groups is 2. The molecule has 1 N–H and O–H groups in total. The third kappa shape index (κ3) is 5.71. The Kier molecular flexibility index (Phi) is 6.84. The van der Waals surface area contributed by atoms with Gasteiger partial charge < -0.3 is 15.0 Å². The molecule has 28 heavy (non-hydrogen) atoms. The summed E-state index contributed by atoms with van der Waals surface area (Å²) >= 11 is 0. The van der Waals surface area contributed by atoms with E-state index < -0.39 is 12.1 Å². The minimum atomic E-state index is -0.880. The van der Waals surface area contributed by atoms with Crippen LogP contribution in [-0.4, -0.2) is 31.1 Å². The topological polar surface area (TPSA) is 58.6 Å². The quantitative estimate of drug-likeness (QED) is 0.603. The van der Waals surface area contributed by atoms with Crippen LogP contribution < -0.4 is 10.2 Å². The van der Waals surface area contributed by atoms with E-state index in [1.807, 2.05) is 54.6 Å². The first-order valence-electron chi connectivity index (χ1n) is 9.71. The molecule has 0 aliphatic carbocycles. The van der Waals surface area contributed by atoms with Crippen LogP contribution in [0, 0.1) is 0 Å². The van der Waals surface area contributed by atoms with Crippen molar-refractivity contribution < 1.29 is 14.3 Å². The number of piperidine rings is 1. The maximum atomic E-state index is 12.3. The number of nitrogens with zero attached hydrogens (tertiary/aromatic N) is 1. The zero-order chi connectivity index (χ0) is 19.8. The number of benzene rings is 2. The molecule has 0 spiro atoms. The largest absolute Gasteiger partial charge is 0.449 e. The van der Waals surface area contributed by atoms with Crippen molar-refractivity contribution in [2.45, 2.75) is 32.3 Å². The molecule has 1 aliphatic rings. The third-order valence-corrected chi connectivity index (χ3v) is 4.73. The van der Waals surface area contributed by atoms with Crippen molar-refractivity contribution in [2.24, 2.45) is 0 Å². The van der Waals surface area contributed by atoms with Gasteiger partial charge in [-0.3, -0.25) is 4.79 Å². The van der Waals surface area contributed by atoms with Crippen LogP contribution in [0.2, 0.25) is 0 Å². The maximum Gasteiger partial charge on any atom is 0.331 e. The predicted molar refractivity (Wildman–Crippen MR) is 112 cm³/mol. The molecule has 2 aromatic rings. The number of nitrogens with one attached hydrogen (secondary N) is 1. The van der Waals surface area contributed by atoms with E-state index in [2.05, 4.69) is 10.2 Å². The molecule has 1 aliphatic heterocycles. The highest BCUT2D eigenvalue weighted by molar-refractivity contribution is 5.96. The van der Waals surface area contributed by atoms with Crippen molar-refractivity contribution in [1.29, 1.82) is 0 Å². The fourth-order valence-corrected chi connectivity index (χ4v) is 3.15. The lowest BCUT2D eigenvalue weighted by molar-refractivity contribution is -0.148. The molecule has 0 aromatic heterocycles. The monoisotopic (exact) mass is 378 g/mol. The number of carbonyl (C=O) groups excluding carboxylic acids is 2. The van der Waals surface area contributed by atoms with Crippen LogP contribution in [0.5, 0.6) is 0 Å². The van der Waals surface area contributed by atoms with Crippen LogP contribution in [0.15, 0.2) is 60.7 Å². The second-order valence-corrected chi connectivity index (χ2v) is 6.91. The number of hydrogen-bond acceptors (Lipinski definition) is 4. The van der Waals surface area contributed by atoms with Gasteiger partial charge in [0.25, 0.3) is 5.91 Å². The maximum absolute atomic E-state index is 12.3. The highest BCUT2D eigenvalue weighted by Crippen LogP contribution is 2.22. The van der Waals surface area contributed by atoms with Crippen molar-refractivity contribution in [3.8, 4) is 0 Å². The SMILES string of the molecule is C[C@@H](OC(=O)/C=C/c1ccccc1)C(=O)Nc1ccc(N2CCCCC2)cc1. The summed E-state index contributed by atoms with van der Waals surface area (Å²) in [6.45, 7) is 3.72. The van der Waals surface area contributed by atoms with Gasteiger partial charge in [-0.05, 0) is 62.1 Å². The van der Waals surface area contributed by atoms with Gasteiger partial charge in [0.2, 0.25) is 0 Å². The van der Waals surface area contributed by atoms with Gasteiger partial charge >= 0.3 is 5.97 Å². The number of amides is 1. The van der Waals surface area contributed by atoms with E-state index in [-0.39, 0.29) is 5.91 Å². The summed E-state index contributed by atoms with van der Waals surface area (Å²) in [5.74, 6) is -0.904. The molecule has 1 fully saturated rings. The van der Waals surface area contributed by atoms with Crippen LogP contribution in [0.3, 0.4) is 0 Å². The Labute approximate surface area is 166 Å². The zero-order valence-electron chi connectivity index (χ0n) is 16.1. The molecule has 146 valence electrons. The summed E-state index contributed by atoms with van der Waals surface area (Å²) in [4.78, 5) is 26.6. The van der Waals surface area contributed by atoms with Gasteiger partial charge in [0.05, 0.1) is 0 Å². The minimum Gasteiger partial charge on any atom is -0.449 e. The molecular formula is C23H26N2O3. The smallest absolute Gasteiger partial charge is 0.331 e. The van der Waals surface area contributed by atoms with Crippen molar-refractivity contribution in [2.75, 3.05) is 23.3 Å². The van der Waals surface area contributed by atoms with Crippen LogP contribution in [0.25, 0.3) is 6.08 Å². The lowest BCUT2D eigenvalue weighted by Gasteiger charge is -2.28. The first kappa shape index (κ1) is 19.7. The Balaban J connectivity index is 1.49. The van der Waals surface area contributed by atoms with E-state index in [1.54, 1.807) is 13.0 Å². The summed E-state index contributed by atoms with van der Waals surface area (Å²) in [7, 11) is 0. The van der Waals surface area contributed by atoms with E-state index >= 15 is 0 Å². The van der Waals surface area contributed by atoms with Gasteiger partial charge in [-0.15, -0.1) is 0 Å². The molecule has 1 heterocycles. The van der Waals surface area contributed by atoms with E-state index in [1.165, 1.54) is 31.0 Å². The molecule has 5 nitrogen and oxygen atoms in total. The van der Waals surface area contributed by atoms with Gasteiger partial charge in [-0.1, -0.05) is 30.3 Å². The van der Waals surface area contributed by atoms with Crippen LogP contribution in [-0.2, 0) is 14.3 Å². The van der Waals surface area contributed by atoms with E-state index in [4.69, 9.17) is 4.74 Å². The summed E-state index contributed by atoms with van der Waals surface area (Å²) in [5, 5.41) is 2.79. The standard InChI is InChI=1S/C23H26N2O3/c1-18(28-22(26)15-10-19-8-4-2-5-9-19)23(27)24-20-11-13-21(14-12-20)25-16-6-3-7-17-25/h2,4-5,8-15,18H,3,6-7,16-17H2,1H3,(H,24,27)/b15-10+/t18-/m1/s1. The summed E-state index contributed by atoms with van der Waals surface area (Å²) in [6, 6.07) is 17.2. The first-order valence-corrected chi connectivity index (χ1v) is 9.71. The zero-order valence-corrected chi connectivity index (χ0v) is 16.1. The highest BCUT2D eigenvalue weighted by Gasteiger charge is 2.17. The molecule has 5 heteroatoms. The number of anilines is 2. The molecule has 0 radical (unpaired) electrons. The van der Waals surface area contributed by atoms with Crippen LogP contribution in [0.4, 0.5) is 11.4 Å². The molecule has 0 bridgehead atoms. The van der Waals surface area contributed by atoms with Crippen LogP contribution in [0.1, 0.15) is 31.7 Å². The first-order chi connectivity index (χ1) is 13.6. The average Bonchev–Trinajstić information content (AvgIpc) is 2.74. The normalized spacial score (nSPS) is 15.2. The second kappa shape index (κ2) is 9.74. The van der Waals surface area contributed by atoms with Crippen molar-refractivity contribution in [3.05, 3.63) is 66.2 Å². The molecular weight excluding hydrogens is 352 g/mol. The summed E-state index contributed by atoms with van der Waals surface area (Å²) in [6.07, 6.45) is 5.84. The fraction of sp³-hybridized carbons (Fsp3) is 0.304. The van der Waals surface area contributed by atoms with E-state index in [0.29, 0.717) is 5.69 Å². The Bertz CT molecular complexity index is 810. The summed E-state index contributed by atoms with van der Waals surface area (Å²) in [5.41, 5.74) is 2.75. The fourth-order valence-electron chi connectivity index (χ4n) is 3.15. The molecule has 1 amide bonds. The Hall–Kier alpha value is -3.08. The predicted octanol–water partition coefficient (Wildman–Crippen LogP) is 4.26. The minimum absolute atomic E-state index is 0.354. The van der Waals surface area contributed by atoms with Gasteiger partial charge in [-0.2, -0.15) is 0 Å². The van der Waals surface area contributed by atoms with Gasteiger partial charge in [-0.25, -0.2) is 4.79 Å². The number of esters is 1. The lowest BCUT2D eigenvalue weighted by atomic mass is 10.1. The number of ether oxygens (including phenoxy) is 1. The second-order valence-electron chi connectivity index (χ2n) is 6.91. The number of rotatable bonds is 6. The lowest BCUT2D eigenvalue weighted by Crippen LogP contribution is -2.30. The molecule has 3 rings (SSSR count). The van der Waals surface area contributed by atoms with Crippen molar-refractivity contribution in [1.82, 2.24) is 0 Å². The van der Waals surface area contributed by atoms with Crippen molar-refractivity contribution in [3.63, 3.8) is 0 Å². The third-order valence-electron chi connectivity index (χ3n) is 4.73. The van der Waals surface area contributed by atoms with Gasteiger partial charge in [0.1, 0.15) is 0 Å². The molecule has 0 unspecified atom stereocenters. The Morgan fingerprint density at radius 3 is 2.36 bits per heavy atom. The molecule has 1 atom stereocenters. The van der Waals surface area contributed by atoms with Crippen molar-refractivity contribution >= 4 is 29.3 Å². The van der Waals surface area contributed by atoms with Crippen LogP contribution >= 0.6 is 0 Å². The molecule has 0 saturated carbocycles. The van der Waals surface area contributed by atoms with E-state index in [0.717, 1.165) is 18.7 Å². The van der Waals surface area contributed by atoms with E-state index in [9.17, 15) is 9.59 Å². The highest BCUT2D eigenvalue weighted by atomic mass is 16.5. The summed E-state index contributed by atoms with van der Waals surface area (Å²) < 4.78 is 5.18. The average molecular weight is 378 g/mol. The Morgan fingerprint density at radius 2 is 1.68 bits per heavy atom. The molecule has 2 aromatic carbocycles. The molecule has 1 saturated heterocycles. The van der Waals surface area contributed by atoms with Gasteiger partial charge in [0, 0.05) is 30.5 Å². The number of hydrogen-bond donors (Lipinski definition) is 1.